The van der Waals surface area contributed by atoms with Gasteiger partial charge in [-0.2, -0.15) is 11.8 Å². The van der Waals surface area contributed by atoms with Crippen LogP contribution in [0.25, 0.3) is 0 Å². The van der Waals surface area contributed by atoms with Crippen LogP contribution < -0.4 is 0 Å². The van der Waals surface area contributed by atoms with Gasteiger partial charge in [0, 0.05) is 5.25 Å². The molecule has 0 nitrogen and oxygen atoms in total. The van der Waals surface area contributed by atoms with E-state index in [1.165, 1.54) is 5.75 Å². The fourth-order valence-electron chi connectivity index (χ4n) is 1.55. The molecule has 0 amide bonds. The van der Waals surface area contributed by atoms with Crippen molar-refractivity contribution in [3.05, 3.63) is 0 Å². The molecule has 1 heteroatoms. The highest BCUT2D eigenvalue weighted by atomic mass is 32.2. The van der Waals surface area contributed by atoms with E-state index >= 15 is 0 Å². The number of hydrogen-bond acceptors (Lipinski definition) is 1. The second-order valence-electron chi connectivity index (χ2n) is 3.73. The Bertz CT molecular complexity index is 97.3. The molecule has 0 aromatic heterocycles. The standard InChI is InChI=1S/C9H18S/c1-6-5-10-9(4)8(3)7(6)2/h6-9H,5H2,1-4H3/t6-,7+,8-,9?/m1/s1. The lowest BCUT2D eigenvalue weighted by Gasteiger charge is -2.36. The summed E-state index contributed by atoms with van der Waals surface area (Å²) in [5.41, 5.74) is 0. The molecule has 4 atom stereocenters. The molecule has 1 rings (SSSR count). The van der Waals surface area contributed by atoms with Crippen LogP contribution in [0.3, 0.4) is 0 Å². The van der Waals surface area contributed by atoms with Crippen molar-refractivity contribution in [1.82, 2.24) is 0 Å². The van der Waals surface area contributed by atoms with Crippen LogP contribution >= 0.6 is 11.8 Å². The smallest absolute Gasteiger partial charge is 0.00471 e. The summed E-state index contributed by atoms with van der Waals surface area (Å²) in [7, 11) is 0. The summed E-state index contributed by atoms with van der Waals surface area (Å²) in [6, 6.07) is 0. The zero-order chi connectivity index (χ0) is 7.72. The third-order valence-corrected chi connectivity index (χ3v) is 4.76. The van der Waals surface area contributed by atoms with Crippen molar-refractivity contribution in [2.45, 2.75) is 32.9 Å². The Morgan fingerprint density at radius 3 is 2.10 bits per heavy atom. The molecule has 0 aliphatic carbocycles. The highest BCUT2D eigenvalue weighted by Crippen LogP contribution is 2.37. The van der Waals surface area contributed by atoms with Crippen LogP contribution in [0.15, 0.2) is 0 Å². The summed E-state index contributed by atoms with van der Waals surface area (Å²) >= 11 is 2.14. The van der Waals surface area contributed by atoms with Crippen LogP contribution in [0.5, 0.6) is 0 Å². The summed E-state index contributed by atoms with van der Waals surface area (Å²) in [6.07, 6.45) is 0. The minimum Gasteiger partial charge on any atom is -0.158 e. The highest BCUT2D eigenvalue weighted by molar-refractivity contribution is 7.99. The molecule has 0 bridgehead atoms. The van der Waals surface area contributed by atoms with E-state index in [2.05, 4.69) is 39.5 Å². The van der Waals surface area contributed by atoms with E-state index in [9.17, 15) is 0 Å². The number of hydrogen-bond donors (Lipinski definition) is 0. The maximum absolute atomic E-state index is 2.39. The number of thioether (sulfide) groups is 1. The van der Waals surface area contributed by atoms with E-state index in [1.807, 2.05) is 0 Å². The maximum atomic E-state index is 2.39. The molecule has 0 saturated carbocycles. The van der Waals surface area contributed by atoms with Gasteiger partial charge in [0.15, 0.2) is 0 Å². The van der Waals surface area contributed by atoms with Crippen LogP contribution in [-0.2, 0) is 0 Å². The zero-order valence-corrected chi connectivity index (χ0v) is 8.24. The molecule has 1 aliphatic heterocycles. The third-order valence-electron chi connectivity index (χ3n) is 3.09. The first-order valence-corrected chi connectivity index (χ1v) is 5.29. The van der Waals surface area contributed by atoms with Gasteiger partial charge in [-0.3, -0.25) is 0 Å². The highest BCUT2D eigenvalue weighted by Gasteiger charge is 2.28. The maximum Gasteiger partial charge on any atom is 0.00471 e. The van der Waals surface area contributed by atoms with Crippen LogP contribution in [0.1, 0.15) is 27.7 Å². The quantitative estimate of drug-likeness (QED) is 0.522. The van der Waals surface area contributed by atoms with Gasteiger partial charge in [-0.15, -0.1) is 0 Å². The summed E-state index contributed by atoms with van der Waals surface area (Å²) in [6.45, 7) is 9.52. The number of rotatable bonds is 0. The molecule has 1 fully saturated rings. The lowest BCUT2D eigenvalue weighted by molar-refractivity contribution is 0.286. The summed E-state index contributed by atoms with van der Waals surface area (Å²) in [5.74, 6) is 4.13. The molecule has 1 aliphatic rings. The molecule has 0 aromatic rings. The van der Waals surface area contributed by atoms with Gasteiger partial charge in [-0.1, -0.05) is 27.7 Å². The largest absolute Gasteiger partial charge is 0.158 e. The Kier molecular flexibility index (Phi) is 2.67. The molecule has 1 heterocycles. The molecule has 0 N–H and O–H groups in total. The van der Waals surface area contributed by atoms with Crippen molar-refractivity contribution in [3.8, 4) is 0 Å². The van der Waals surface area contributed by atoms with Gasteiger partial charge >= 0.3 is 0 Å². The minimum atomic E-state index is 0.881. The van der Waals surface area contributed by atoms with E-state index in [0.717, 1.165) is 23.0 Å². The first-order valence-electron chi connectivity index (χ1n) is 4.24. The monoisotopic (exact) mass is 158 g/mol. The summed E-state index contributed by atoms with van der Waals surface area (Å²) in [4.78, 5) is 0. The fourth-order valence-corrected chi connectivity index (χ4v) is 3.01. The Morgan fingerprint density at radius 2 is 1.60 bits per heavy atom. The lowest BCUT2D eigenvalue weighted by Crippen LogP contribution is -2.30. The van der Waals surface area contributed by atoms with Gasteiger partial charge in [0.2, 0.25) is 0 Å². The van der Waals surface area contributed by atoms with Crippen molar-refractivity contribution in [2.24, 2.45) is 17.8 Å². The van der Waals surface area contributed by atoms with Crippen molar-refractivity contribution < 1.29 is 0 Å². The van der Waals surface area contributed by atoms with Gasteiger partial charge in [0.1, 0.15) is 0 Å². The van der Waals surface area contributed by atoms with Crippen molar-refractivity contribution in [3.63, 3.8) is 0 Å². The Morgan fingerprint density at radius 1 is 1.00 bits per heavy atom. The second kappa shape index (κ2) is 3.17. The van der Waals surface area contributed by atoms with E-state index in [-0.39, 0.29) is 0 Å². The van der Waals surface area contributed by atoms with E-state index in [0.29, 0.717) is 0 Å². The van der Waals surface area contributed by atoms with Gasteiger partial charge < -0.3 is 0 Å². The van der Waals surface area contributed by atoms with Gasteiger partial charge in [0.25, 0.3) is 0 Å². The SMILES string of the molecule is CC1SC[C@@H](C)[C@H](C)[C@H]1C. The van der Waals surface area contributed by atoms with Crippen LogP contribution in [0, 0.1) is 17.8 Å². The fraction of sp³-hybridized carbons (Fsp3) is 1.00. The molecule has 10 heavy (non-hydrogen) atoms. The topological polar surface area (TPSA) is 0 Å². The Balaban J connectivity index is 2.52. The first-order chi connectivity index (χ1) is 4.63. The zero-order valence-electron chi connectivity index (χ0n) is 7.42. The first kappa shape index (κ1) is 8.45. The normalized spacial score (nSPS) is 49.2. The van der Waals surface area contributed by atoms with Crippen LogP contribution in [-0.4, -0.2) is 11.0 Å². The molecule has 0 aromatic carbocycles. The average Bonchev–Trinajstić information content (AvgIpc) is 1.93. The summed E-state index contributed by atoms with van der Waals surface area (Å²) in [5, 5.41) is 0.881. The molecular formula is C9H18S. The molecule has 0 spiro atoms. The average molecular weight is 158 g/mol. The third kappa shape index (κ3) is 1.50. The second-order valence-corrected chi connectivity index (χ2v) is 5.14. The predicted octanol–water partition coefficient (Wildman–Crippen LogP) is 3.03. The molecule has 60 valence electrons. The predicted molar refractivity (Wildman–Crippen MR) is 49.4 cm³/mol. The molecule has 1 unspecified atom stereocenters. The van der Waals surface area contributed by atoms with Gasteiger partial charge in [-0.05, 0) is 23.5 Å². The molecule has 1 saturated heterocycles. The molecule has 0 radical (unpaired) electrons. The van der Waals surface area contributed by atoms with Crippen LogP contribution in [0.4, 0.5) is 0 Å². The minimum absolute atomic E-state index is 0.881. The van der Waals surface area contributed by atoms with Gasteiger partial charge in [-0.25, -0.2) is 0 Å². The Hall–Kier alpha value is 0.350. The Labute approximate surface area is 68.8 Å². The van der Waals surface area contributed by atoms with Gasteiger partial charge in [0.05, 0.1) is 0 Å². The van der Waals surface area contributed by atoms with Crippen molar-refractivity contribution in [1.29, 1.82) is 0 Å². The lowest BCUT2D eigenvalue weighted by atomic mass is 9.84. The van der Waals surface area contributed by atoms with Crippen LogP contribution in [0.2, 0.25) is 0 Å². The van der Waals surface area contributed by atoms with Crippen molar-refractivity contribution in [2.75, 3.05) is 5.75 Å². The molecular weight excluding hydrogens is 140 g/mol. The summed E-state index contributed by atoms with van der Waals surface area (Å²) < 4.78 is 0. The van der Waals surface area contributed by atoms with Crippen molar-refractivity contribution >= 4 is 11.8 Å². The van der Waals surface area contributed by atoms with E-state index in [4.69, 9.17) is 0 Å². The van der Waals surface area contributed by atoms with E-state index < -0.39 is 0 Å². The van der Waals surface area contributed by atoms with E-state index in [1.54, 1.807) is 0 Å².